The molecule has 0 atom stereocenters. The molecule has 5 rings (SSSR count). The van der Waals surface area contributed by atoms with Gasteiger partial charge >= 0.3 is 12.1 Å². The van der Waals surface area contributed by atoms with E-state index in [1.54, 1.807) is 38.3 Å². The molecule has 37 heavy (non-hydrogen) atoms. The topological polar surface area (TPSA) is 93.4 Å². The molecular formula is C27H24ClN3O4S2. The van der Waals surface area contributed by atoms with E-state index in [0.717, 1.165) is 42.6 Å². The number of aliphatic carboxylic acids is 1. The maximum absolute atomic E-state index is 12.1. The fourth-order valence-electron chi connectivity index (χ4n) is 4.17. The minimum Gasteiger partial charge on any atom is -0.481 e. The Morgan fingerprint density at radius 3 is 2.70 bits per heavy atom. The van der Waals surface area contributed by atoms with E-state index in [4.69, 9.17) is 16.3 Å². The molecule has 0 aliphatic rings. The van der Waals surface area contributed by atoms with Gasteiger partial charge in [0.15, 0.2) is 5.13 Å². The lowest BCUT2D eigenvalue weighted by molar-refractivity contribution is -0.136. The lowest BCUT2D eigenvalue weighted by Gasteiger charge is -2.18. The predicted molar refractivity (Wildman–Crippen MR) is 150 cm³/mol. The first-order valence-corrected chi connectivity index (χ1v) is 13.6. The average molecular weight is 554 g/mol. The summed E-state index contributed by atoms with van der Waals surface area (Å²) >= 11 is 9.25. The molecule has 5 aromatic rings. The predicted octanol–water partition coefficient (Wildman–Crippen LogP) is 7.66. The Kier molecular flexibility index (Phi) is 6.70. The van der Waals surface area contributed by atoms with Crippen LogP contribution in [0.2, 0.25) is 5.02 Å². The summed E-state index contributed by atoms with van der Waals surface area (Å²) in [5.74, 6) is -0.879. The largest absolute Gasteiger partial charge is 0.481 e. The van der Waals surface area contributed by atoms with Crippen molar-refractivity contribution >= 4 is 72.5 Å². The summed E-state index contributed by atoms with van der Waals surface area (Å²) in [6.45, 7) is 5.98. The molecule has 2 aromatic carbocycles. The standard InChI is InChI=1S/C27H24ClN3O4S2/c1-27(2,3)35-26(34)30-25-29-11-23(37-25)15-4-6-19-16(9-24(32)33)12-31(21(19)8-15)13-17-14-36-22-7-5-18(28)10-20(17)22/h4-8,10-12,14H,9,13H2,1-3H3,(H,32,33)(H,29,30,34). The Hall–Kier alpha value is -3.40. The second-order valence-electron chi connectivity index (χ2n) is 9.64. The number of thiazole rings is 1. The van der Waals surface area contributed by atoms with Gasteiger partial charge in [0.1, 0.15) is 5.60 Å². The molecule has 190 valence electrons. The number of aromatic nitrogens is 2. The summed E-state index contributed by atoms with van der Waals surface area (Å²) in [6.07, 6.45) is 3.00. The molecule has 3 aromatic heterocycles. The second kappa shape index (κ2) is 9.81. The molecule has 0 aliphatic heterocycles. The molecule has 10 heteroatoms. The summed E-state index contributed by atoms with van der Waals surface area (Å²) < 4.78 is 8.54. The van der Waals surface area contributed by atoms with Crippen LogP contribution in [0.5, 0.6) is 0 Å². The van der Waals surface area contributed by atoms with Crippen molar-refractivity contribution in [3.8, 4) is 10.4 Å². The van der Waals surface area contributed by atoms with Gasteiger partial charge in [-0.15, -0.1) is 11.3 Å². The number of hydrogen-bond donors (Lipinski definition) is 2. The van der Waals surface area contributed by atoms with Crippen molar-refractivity contribution in [3.05, 3.63) is 70.3 Å². The number of ether oxygens (including phenoxy) is 1. The first kappa shape index (κ1) is 25.3. The molecule has 0 spiro atoms. The Bertz CT molecular complexity index is 1640. The van der Waals surface area contributed by atoms with E-state index < -0.39 is 17.7 Å². The van der Waals surface area contributed by atoms with Crippen LogP contribution < -0.4 is 5.32 Å². The molecule has 7 nitrogen and oxygen atoms in total. The number of anilines is 1. The summed E-state index contributed by atoms with van der Waals surface area (Å²) in [5, 5.41) is 17.4. The van der Waals surface area contributed by atoms with Crippen molar-refractivity contribution in [2.45, 2.75) is 39.3 Å². The molecule has 0 saturated carbocycles. The van der Waals surface area contributed by atoms with E-state index in [9.17, 15) is 14.7 Å². The Morgan fingerprint density at radius 1 is 1.14 bits per heavy atom. The van der Waals surface area contributed by atoms with Crippen LogP contribution in [0.25, 0.3) is 31.4 Å². The zero-order valence-electron chi connectivity index (χ0n) is 20.4. The van der Waals surface area contributed by atoms with Gasteiger partial charge in [0.05, 0.1) is 11.3 Å². The van der Waals surface area contributed by atoms with Crippen LogP contribution in [0.1, 0.15) is 31.9 Å². The van der Waals surface area contributed by atoms with Gasteiger partial charge in [0, 0.05) is 39.6 Å². The maximum Gasteiger partial charge on any atom is 0.413 e. The minimum absolute atomic E-state index is 0.0659. The van der Waals surface area contributed by atoms with Crippen molar-refractivity contribution in [2.75, 3.05) is 5.32 Å². The molecular weight excluding hydrogens is 530 g/mol. The van der Waals surface area contributed by atoms with Crippen molar-refractivity contribution in [1.29, 1.82) is 0 Å². The monoisotopic (exact) mass is 553 g/mol. The fraction of sp³-hybridized carbons (Fsp3) is 0.222. The van der Waals surface area contributed by atoms with E-state index in [1.807, 2.05) is 42.6 Å². The SMILES string of the molecule is CC(C)(C)OC(=O)Nc1ncc(-c2ccc3c(CC(=O)O)cn(Cc4csc5ccc(Cl)cc45)c3c2)s1. The molecule has 0 fully saturated rings. The molecule has 0 unspecified atom stereocenters. The third-order valence-corrected chi connectivity index (χ3v) is 7.87. The summed E-state index contributed by atoms with van der Waals surface area (Å²) in [4.78, 5) is 28.9. The van der Waals surface area contributed by atoms with Gasteiger partial charge < -0.3 is 14.4 Å². The molecule has 0 radical (unpaired) electrons. The Labute approximate surface area is 226 Å². The zero-order chi connectivity index (χ0) is 26.3. The van der Waals surface area contributed by atoms with Crippen molar-refractivity contribution in [2.24, 2.45) is 0 Å². The van der Waals surface area contributed by atoms with Gasteiger partial charge in [-0.2, -0.15) is 0 Å². The normalized spacial score (nSPS) is 11.8. The zero-order valence-corrected chi connectivity index (χ0v) is 22.8. The maximum atomic E-state index is 12.1. The van der Waals surface area contributed by atoms with Crippen LogP contribution in [0, 0.1) is 0 Å². The molecule has 0 aliphatic carbocycles. The number of carbonyl (C=O) groups excluding carboxylic acids is 1. The van der Waals surface area contributed by atoms with Crippen LogP contribution in [0.3, 0.4) is 0 Å². The number of carboxylic acid groups (broad SMARTS) is 1. The van der Waals surface area contributed by atoms with Gasteiger partial charge in [-0.1, -0.05) is 35.1 Å². The van der Waals surface area contributed by atoms with E-state index in [0.29, 0.717) is 16.7 Å². The fourth-order valence-corrected chi connectivity index (χ4v) is 6.08. The summed E-state index contributed by atoms with van der Waals surface area (Å²) in [7, 11) is 0. The van der Waals surface area contributed by atoms with Crippen LogP contribution in [-0.4, -0.2) is 32.3 Å². The number of carboxylic acids is 1. The minimum atomic E-state index is -0.879. The van der Waals surface area contributed by atoms with E-state index >= 15 is 0 Å². The highest BCUT2D eigenvalue weighted by molar-refractivity contribution is 7.19. The summed E-state index contributed by atoms with van der Waals surface area (Å²) in [6, 6.07) is 11.8. The summed E-state index contributed by atoms with van der Waals surface area (Å²) in [5.41, 5.74) is 3.11. The number of rotatable bonds is 6. The van der Waals surface area contributed by atoms with Crippen LogP contribution in [-0.2, 0) is 22.5 Å². The number of amides is 1. The number of halogens is 1. The smallest absolute Gasteiger partial charge is 0.413 e. The van der Waals surface area contributed by atoms with E-state index in [1.165, 1.54) is 11.3 Å². The van der Waals surface area contributed by atoms with Crippen molar-refractivity contribution in [1.82, 2.24) is 9.55 Å². The number of thiophene rings is 1. The van der Waals surface area contributed by atoms with Gasteiger partial charge in [-0.05, 0) is 72.5 Å². The number of nitrogens with zero attached hydrogens (tertiary/aromatic N) is 2. The third kappa shape index (κ3) is 5.64. The number of hydrogen-bond acceptors (Lipinski definition) is 6. The van der Waals surface area contributed by atoms with Gasteiger partial charge in [-0.25, -0.2) is 9.78 Å². The third-order valence-electron chi connectivity index (χ3n) is 5.66. The van der Waals surface area contributed by atoms with Gasteiger partial charge in [0.25, 0.3) is 0 Å². The molecule has 1 amide bonds. The van der Waals surface area contributed by atoms with Gasteiger partial charge in [-0.3, -0.25) is 10.1 Å². The van der Waals surface area contributed by atoms with Crippen molar-refractivity contribution in [3.63, 3.8) is 0 Å². The molecule has 2 N–H and O–H groups in total. The highest BCUT2D eigenvalue weighted by atomic mass is 35.5. The number of carbonyl (C=O) groups is 2. The van der Waals surface area contributed by atoms with Gasteiger partial charge in [0.2, 0.25) is 0 Å². The first-order chi connectivity index (χ1) is 17.6. The Balaban J connectivity index is 1.50. The Morgan fingerprint density at radius 2 is 1.95 bits per heavy atom. The van der Waals surface area contributed by atoms with Crippen LogP contribution in [0.4, 0.5) is 9.93 Å². The lowest BCUT2D eigenvalue weighted by Crippen LogP contribution is -2.27. The highest BCUT2D eigenvalue weighted by Gasteiger charge is 2.18. The molecule has 0 bridgehead atoms. The average Bonchev–Trinajstić information content (AvgIpc) is 3.51. The number of benzene rings is 2. The highest BCUT2D eigenvalue weighted by Crippen LogP contribution is 2.35. The van der Waals surface area contributed by atoms with Crippen molar-refractivity contribution < 1.29 is 19.4 Å². The van der Waals surface area contributed by atoms with Crippen LogP contribution in [0.15, 0.2) is 54.2 Å². The first-order valence-electron chi connectivity index (χ1n) is 11.5. The number of fused-ring (bicyclic) bond motifs is 2. The van der Waals surface area contributed by atoms with E-state index in [-0.39, 0.29) is 6.42 Å². The lowest BCUT2D eigenvalue weighted by atomic mass is 10.1. The quantitative estimate of drug-likeness (QED) is 0.225. The van der Waals surface area contributed by atoms with E-state index in [2.05, 4.69) is 20.2 Å². The molecule has 3 heterocycles. The van der Waals surface area contributed by atoms with Crippen LogP contribution >= 0.6 is 34.3 Å². The second-order valence-corrected chi connectivity index (χ2v) is 12.0. The number of nitrogens with one attached hydrogen (secondary N) is 1. The molecule has 0 saturated heterocycles.